The third kappa shape index (κ3) is 6.23. The largest absolute Gasteiger partial charge is 0.427 e. The second-order valence-electron chi connectivity index (χ2n) is 7.84. The van der Waals surface area contributed by atoms with Gasteiger partial charge in [0.05, 0.1) is 11.6 Å². The van der Waals surface area contributed by atoms with Gasteiger partial charge in [0.25, 0.3) is 5.56 Å². The monoisotopic (exact) mass is 470 g/mol. The highest BCUT2D eigenvalue weighted by Gasteiger charge is 2.19. The van der Waals surface area contributed by atoms with Crippen molar-refractivity contribution < 1.29 is 9.53 Å². The first-order valence-corrected chi connectivity index (χ1v) is 12.2. The molecule has 172 valence electrons. The maximum atomic E-state index is 12.5. The van der Waals surface area contributed by atoms with Gasteiger partial charge in [0.15, 0.2) is 0 Å². The van der Waals surface area contributed by atoms with Crippen LogP contribution in [0, 0.1) is 0 Å². The van der Waals surface area contributed by atoms with Crippen LogP contribution in [0.2, 0.25) is 0 Å². The smallest absolute Gasteiger partial charge is 0.308 e. The number of aromatic nitrogens is 2. The van der Waals surface area contributed by atoms with E-state index in [0.717, 1.165) is 33.9 Å². The Morgan fingerprint density at radius 2 is 1.59 bits per heavy atom. The van der Waals surface area contributed by atoms with E-state index in [0.29, 0.717) is 12.3 Å². The summed E-state index contributed by atoms with van der Waals surface area (Å²) in [6.07, 6.45) is 0.778. The van der Waals surface area contributed by atoms with Crippen molar-refractivity contribution in [3.8, 4) is 5.75 Å². The van der Waals surface area contributed by atoms with Crippen molar-refractivity contribution in [3.63, 3.8) is 0 Å². The SMILES string of the molecule is CC(=O)Oc1cccc(SCCCn2nc(C(c3ccccc3)c3ccccc3)ccc2=O)c1. The number of benzene rings is 3. The zero-order valence-corrected chi connectivity index (χ0v) is 19.8. The molecule has 1 heterocycles. The fourth-order valence-electron chi connectivity index (χ4n) is 3.80. The number of ether oxygens (including phenoxy) is 1. The maximum Gasteiger partial charge on any atom is 0.308 e. The summed E-state index contributed by atoms with van der Waals surface area (Å²) in [5, 5.41) is 4.75. The molecule has 5 nitrogen and oxygen atoms in total. The molecule has 0 fully saturated rings. The minimum absolute atomic E-state index is 0.0485. The Kier molecular flexibility index (Phi) is 7.94. The van der Waals surface area contributed by atoms with Crippen LogP contribution in [0.5, 0.6) is 5.75 Å². The molecule has 34 heavy (non-hydrogen) atoms. The van der Waals surface area contributed by atoms with Crippen molar-refractivity contribution >= 4 is 17.7 Å². The summed E-state index contributed by atoms with van der Waals surface area (Å²) in [6, 6.07) is 31.4. The molecule has 0 saturated heterocycles. The predicted octanol–water partition coefficient (Wildman–Crippen LogP) is 5.53. The molecule has 3 aromatic carbocycles. The van der Waals surface area contributed by atoms with Crippen LogP contribution in [0.25, 0.3) is 0 Å². The summed E-state index contributed by atoms with van der Waals surface area (Å²) in [6.45, 7) is 1.92. The lowest BCUT2D eigenvalue weighted by Gasteiger charge is -2.18. The van der Waals surface area contributed by atoms with Gasteiger partial charge >= 0.3 is 5.97 Å². The summed E-state index contributed by atoms with van der Waals surface area (Å²) >= 11 is 1.66. The number of nitrogens with zero attached hydrogens (tertiary/aromatic N) is 2. The molecule has 0 bridgehead atoms. The fourth-order valence-corrected chi connectivity index (χ4v) is 4.69. The van der Waals surface area contributed by atoms with Crippen molar-refractivity contribution in [2.24, 2.45) is 0 Å². The van der Waals surface area contributed by atoms with Gasteiger partial charge < -0.3 is 4.74 Å². The van der Waals surface area contributed by atoms with Gasteiger partial charge in [-0.15, -0.1) is 11.8 Å². The lowest BCUT2D eigenvalue weighted by molar-refractivity contribution is -0.131. The fraction of sp³-hybridized carbons (Fsp3) is 0.179. The molecule has 0 saturated carbocycles. The van der Waals surface area contributed by atoms with E-state index >= 15 is 0 Å². The van der Waals surface area contributed by atoms with Crippen LogP contribution in [0.15, 0.2) is 107 Å². The second-order valence-corrected chi connectivity index (χ2v) is 9.01. The van der Waals surface area contributed by atoms with E-state index in [2.05, 4.69) is 24.3 Å². The summed E-state index contributed by atoms with van der Waals surface area (Å²) in [5.74, 6) is 0.961. The van der Waals surface area contributed by atoms with Gasteiger partial charge in [-0.05, 0) is 47.6 Å². The number of thioether (sulfide) groups is 1. The summed E-state index contributed by atoms with van der Waals surface area (Å²) in [4.78, 5) is 24.7. The van der Waals surface area contributed by atoms with E-state index in [4.69, 9.17) is 9.84 Å². The lowest BCUT2D eigenvalue weighted by Crippen LogP contribution is -2.24. The van der Waals surface area contributed by atoms with Gasteiger partial charge in [0.1, 0.15) is 5.75 Å². The molecule has 0 radical (unpaired) electrons. The Hall–Kier alpha value is -3.64. The first kappa shape index (κ1) is 23.5. The Morgan fingerprint density at radius 3 is 2.24 bits per heavy atom. The first-order chi connectivity index (χ1) is 16.6. The molecule has 6 heteroatoms. The standard InChI is InChI=1S/C28H26N2O3S/c1-21(31)33-24-14-8-15-25(20-24)34-19-9-18-30-27(32)17-16-26(29-30)28(22-10-4-2-5-11-22)23-12-6-3-7-13-23/h2-8,10-17,20,28H,9,18-19H2,1H3. The van der Waals surface area contributed by atoms with Crippen molar-refractivity contribution in [2.45, 2.75) is 30.7 Å². The number of aryl methyl sites for hydroxylation is 1. The van der Waals surface area contributed by atoms with Gasteiger partial charge in [-0.1, -0.05) is 66.7 Å². The zero-order chi connectivity index (χ0) is 23.8. The average molecular weight is 471 g/mol. The molecule has 0 N–H and O–H groups in total. The Morgan fingerprint density at radius 1 is 0.912 bits per heavy atom. The summed E-state index contributed by atoms with van der Waals surface area (Å²) in [7, 11) is 0. The molecule has 0 atom stereocenters. The molecule has 1 aromatic heterocycles. The van der Waals surface area contributed by atoms with Crippen molar-refractivity contribution in [1.29, 1.82) is 0 Å². The molecule has 4 rings (SSSR count). The van der Waals surface area contributed by atoms with Gasteiger partial charge in [-0.2, -0.15) is 5.10 Å². The van der Waals surface area contributed by atoms with Crippen LogP contribution in [0.4, 0.5) is 0 Å². The van der Waals surface area contributed by atoms with E-state index in [1.807, 2.05) is 60.7 Å². The van der Waals surface area contributed by atoms with Crippen molar-refractivity contribution in [1.82, 2.24) is 9.78 Å². The Balaban J connectivity index is 1.47. The summed E-state index contributed by atoms with van der Waals surface area (Å²) < 4.78 is 6.71. The van der Waals surface area contributed by atoms with Crippen LogP contribution in [0.1, 0.15) is 36.1 Å². The zero-order valence-electron chi connectivity index (χ0n) is 19.0. The molecule has 0 aliphatic heterocycles. The highest BCUT2D eigenvalue weighted by molar-refractivity contribution is 7.99. The van der Waals surface area contributed by atoms with Crippen LogP contribution in [0.3, 0.4) is 0 Å². The first-order valence-electron chi connectivity index (χ1n) is 11.2. The van der Waals surface area contributed by atoms with Crippen LogP contribution in [-0.4, -0.2) is 21.5 Å². The van der Waals surface area contributed by atoms with Gasteiger partial charge in [-0.25, -0.2) is 4.68 Å². The number of hydrogen-bond acceptors (Lipinski definition) is 5. The van der Waals surface area contributed by atoms with Crippen molar-refractivity contribution in [2.75, 3.05) is 5.75 Å². The molecule has 0 unspecified atom stereocenters. The third-order valence-corrected chi connectivity index (χ3v) is 6.38. The van der Waals surface area contributed by atoms with E-state index < -0.39 is 0 Å². The third-order valence-electron chi connectivity index (χ3n) is 5.30. The Bertz CT molecular complexity index is 1250. The quantitative estimate of drug-likeness (QED) is 0.139. The summed E-state index contributed by atoms with van der Waals surface area (Å²) in [5.41, 5.74) is 3.01. The predicted molar refractivity (Wildman–Crippen MR) is 135 cm³/mol. The van der Waals surface area contributed by atoms with E-state index in [1.54, 1.807) is 28.6 Å². The minimum atomic E-state index is -0.336. The van der Waals surface area contributed by atoms with Crippen LogP contribution >= 0.6 is 11.8 Å². The minimum Gasteiger partial charge on any atom is -0.427 e. The van der Waals surface area contributed by atoms with Crippen LogP contribution < -0.4 is 10.3 Å². The molecule has 0 aliphatic carbocycles. The molecule has 0 aliphatic rings. The van der Waals surface area contributed by atoms with Crippen LogP contribution in [-0.2, 0) is 11.3 Å². The highest BCUT2D eigenvalue weighted by atomic mass is 32.2. The normalized spacial score (nSPS) is 10.9. The van der Waals surface area contributed by atoms with E-state index in [9.17, 15) is 9.59 Å². The second kappa shape index (κ2) is 11.5. The molecular weight excluding hydrogens is 444 g/mol. The topological polar surface area (TPSA) is 61.2 Å². The number of esters is 1. The average Bonchev–Trinajstić information content (AvgIpc) is 2.85. The van der Waals surface area contributed by atoms with E-state index in [1.165, 1.54) is 6.92 Å². The van der Waals surface area contributed by atoms with Gasteiger partial charge in [-0.3, -0.25) is 9.59 Å². The maximum absolute atomic E-state index is 12.5. The number of carbonyl (C=O) groups excluding carboxylic acids is 1. The Labute approximate surface area is 203 Å². The molecule has 0 spiro atoms. The lowest BCUT2D eigenvalue weighted by atomic mass is 9.88. The van der Waals surface area contributed by atoms with E-state index in [-0.39, 0.29) is 17.4 Å². The number of hydrogen-bond donors (Lipinski definition) is 0. The van der Waals surface area contributed by atoms with Crippen molar-refractivity contribution in [3.05, 3.63) is 124 Å². The number of rotatable bonds is 9. The highest BCUT2D eigenvalue weighted by Crippen LogP contribution is 2.30. The molecular formula is C28H26N2O3S. The van der Waals surface area contributed by atoms with Gasteiger partial charge in [0, 0.05) is 24.4 Å². The molecule has 0 amide bonds. The molecule has 4 aromatic rings. The van der Waals surface area contributed by atoms with Gasteiger partial charge in [0.2, 0.25) is 0 Å². The number of carbonyl (C=O) groups is 1.